The van der Waals surface area contributed by atoms with Gasteiger partial charge in [-0.15, -0.1) is 11.3 Å². The predicted molar refractivity (Wildman–Crippen MR) is 115 cm³/mol. The summed E-state index contributed by atoms with van der Waals surface area (Å²) in [6, 6.07) is 17.5. The van der Waals surface area contributed by atoms with Crippen molar-refractivity contribution in [3.8, 4) is 0 Å². The number of rotatable bonds is 7. The van der Waals surface area contributed by atoms with Crippen molar-refractivity contribution >= 4 is 34.7 Å². The van der Waals surface area contributed by atoms with E-state index in [1.807, 2.05) is 30.5 Å². The molecule has 0 atom stereocenters. The van der Waals surface area contributed by atoms with Crippen LogP contribution in [0.5, 0.6) is 0 Å². The lowest BCUT2D eigenvalue weighted by Crippen LogP contribution is -2.34. The number of anilines is 1. The van der Waals surface area contributed by atoms with Crippen LogP contribution in [0.25, 0.3) is 0 Å². The van der Waals surface area contributed by atoms with Crippen molar-refractivity contribution in [3.05, 3.63) is 87.6 Å². The number of carbonyl (C=O) groups excluding carboxylic acids is 3. The molecule has 0 spiro atoms. The van der Waals surface area contributed by atoms with E-state index in [0.29, 0.717) is 34.8 Å². The fourth-order valence-corrected chi connectivity index (χ4v) is 3.20. The number of hydrogen-bond acceptors (Lipinski definition) is 4. The van der Waals surface area contributed by atoms with Crippen molar-refractivity contribution in [2.75, 3.05) is 18.4 Å². The summed E-state index contributed by atoms with van der Waals surface area (Å²) in [5.41, 5.74) is 2.74. The summed E-state index contributed by atoms with van der Waals surface area (Å²) in [4.78, 5) is 36.9. The molecular weight excluding hydrogens is 386 g/mol. The Balaban J connectivity index is 1.45. The summed E-state index contributed by atoms with van der Waals surface area (Å²) < 4.78 is 0. The van der Waals surface area contributed by atoms with Gasteiger partial charge in [-0.25, -0.2) is 0 Å². The molecule has 0 aliphatic heterocycles. The lowest BCUT2D eigenvalue weighted by molar-refractivity contribution is 0.0929. The van der Waals surface area contributed by atoms with Gasteiger partial charge in [-0.1, -0.05) is 23.8 Å². The molecule has 7 heteroatoms. The molecule has 1 heterocycles. The second-order valence-corrected chi connectivity index (χ2v) is 7.33. The molecule has 3 N–H and O–H groups in total. The monoisotopic (exact) mass is 407 g/mol. The van der Waals surface area contributed by atoms with Crippen LogP contribution in [-0.2, 0) is 0 Å². The second kappa shape index (κ2) is 9.66. The molecule has 0 radical (unpaired) electrons. The highest BCUT2D eigenvalue weighted by molar-refractivity contribution is 7.12. The lowest BCUT2D eigenvalue weighted by atomic mass is 10.1. The Morgan fingerprint density at radius 1 is 0.759 bits per heavy atom. The molecule has 0 aliphatic rings. The number of amides is 3. The van der Waals surface area contributed by atoms with E-state index >= 15 is 0 Å². The third-order valence-corrected chi connectivity index (χ3v) is 5.03. The van der Waals surface area contributed by atoms with Gasteiger partial charge < -0.3 is 16.0 Å². The highest BCUT2D eigenvalue weighted by Gasteiger charge is 2.09. The van der Waals surface area contributed by atoms with Crippen molar-refractivity contribution < 1.29 is 14.4 Å². The van der Waals surface area contributed by atoms with Gasteiger partial charge in [-0.2, -0.15) is 0 Å². The first-order valence-corrected chi connectivity index (χ1v) is 9.99. The van der Waals surface area contributed by atoms with E-state index in [4.69, 9.17) is 0 Å². The molecule has 0 fully saturated rings. The van der Waals surface area contributed by atoms with Gasteiger partial charge in [0.1, 0.15) is 0 Å². The van der Waals surface area contributed by atoms with Crippen LogP contribution in [0.2, 0.25) is 0 Å². The molecule has 3 amide bonds. The highest BCUT2D eigenvalue weighted by atomic mass is 32.1. The van der Waals surface area contributed by atoms with E-state index in [1.54, 1.807) is 42.5 Å². The molecule has 1 aromatic heterocycles. The van der Waals surface area contributed by atoms with Crippen LogP contribution in [0, 0.1) is 6.92 Å². The Morgan fingerprint density at radius 2 is 1.34 bits per heavy atom. The van der Waals surface area contributed by atoms with Gasteiger partial charge in [0.15, 0.2) is 0 Å². The minimum absolute atomic E-state index is 0.150. The summed E-state index contributed by atoms with van der Waals surface area (Å²) in [7, 11) is 0. The first-order chi connectivity index (χ1) is 14.0. The van der Waals surface area contributed by atoms with E-state index in [9.17, 15) is 14.4 Å². The Hall–Kier alpha value is -3.45. The SMILES string of the molecule is Cc1ccc(C(=O)Nc2ccc(C(=O)NCCNC(=O)c3cccs3)cc2)cc1. The number of carbonyl (C=O) groups is 3. The number of nitrogens with one attached hydrogen (secondary N) is 3. The zero-order chi connectivity index (χ0) is 20.6. The molecule has 0 unspecified atom stereocenters. The first-order valence-electron chi connectivity index (χ1n) is 9.11. The number of aryl methyl sites for hydroxylation is 1. The number of benzene rings is 2. The largest absolute Gasteiger partial charge is 0.350 e. The molecule has 0 saturated carbocycles. The molecule has 3 aromatic rings. The van der Waals surface area contributed by atoms with Gasteiger partial charge in [0.2, 0.25) is 0 Å². The Labute approximate surface area is 173 Å². The van der Waals surface area contributed by atoms with E-state index in [0.717, 1.165) is 5.56 Å². The van der Waals surface area contributed by atoms with Crippen molar-refractivity contribution in [1.82, 2.24) is 10.6 Å². The quantitative estimate of drug-likeness (QED) is 0.524. The van der Waals surface area contributed by atoms with E-state index in [-0.39, 0.29) is 17.7 Å². The van der Waals surface area contributed by atoms with Crippen LogP contribution < -0.4 is 16.0 Å². The summed E-state index contributed by atoms with van der Waals surface area (Å²) >= 11 is 1.37. The molecule has 6 nitrogen and oxygen atoms in total. The van der Waals surface area contributed by atoms with Crippen molar-refractivity contribution in [2.45, 2.75) is 6.92 Å². The summed E-state index contributed by atoms with van der Waals surface area (Å²) in [5, 5.41) is 10.1. The zero-order valence-electron chi connectivity index (χ0n) is 15.9. The summed E-state index contributed by atoms with van der Waals surface area (Å²) in [6.45, 7) is 2.62. The molecule has 29 heavy (non-hydrogen) atoms. The molecule has 0 aliphatic carbocycles. The lowest BCUT2D eigenvalue weighted by Gasteiger charge is -2.08. The smallest absolute Gasteiger partial charge is 0.261 e. The standard InChI is InChI=1S/C22H21N3O3S/c1-15-4-6-17(7-5-15)21(27)25-18-10-8-16(9-11-18)20(26)23-12-13-24-22(28)19-3-2-14-29-19/h2-11,14H,12-13H2,1H3,(H,23,26)(H,24,28)(H,25,27). The summed E-state index contributed by atoms with van der Waals surface area (Å²) in [6.07, 6.45) is 0. The van der Waals surface area contributed by atoms with Crippen molar-refractivity contribution in [2.24, 2.45) is 0 Å². The van der Waals surface area contributed by atoms with Crippen LogP contribution in [-0.4, -0.2) is 30.8 Å². The third-order valence-electron chi connectivity index (χ3n) is 4.16. The first kappa shape index (κ1) is 20.3. The maximum atomic E-state index is 12.2. The average Bonchev–Trinajstić information content (AvgIpc) is 3.27. The molecular formula is C22H21N3O3S. The minimum Gasteiger partial charge on any atom is -0.350 e. The van der Waals surface area contributed by atoms with Gasteiger partial charge >= 0.3 is 0 Å². The van der Waals surface area contributed by atoms with Gasteiger partial charge in [0, 0.05) is 29.9 Å². The van der Waals surface area contributed by atoms with Gasteiger partial charge in [0.05, 0.1) is 4.88 Å². The molecule has 0 saturated heterocycles. The third kappa shape index (κ3) is 5.76. The minimum atomic E-state index is -0.244. The van der Waals surface area contributed by atoms with E-state index < -0.39 is 0 Å². The van der Waals surface area contributed by atoms with E-state index in [1.165, 1.54) is 11.3 Å². The Morgan fingerprint density at radius 3 is 1.97 bits per heavy atom. The van der Waals surface area contributed by atoms with Gasteiger partial charge in [0.25, 0.3) is 17.7 Å². The number of thiophene rings is 1. The topological polar surface area (TPSA) is 87.3 Å². The summed E-state index contributed by atoms with van der Waals surface area (Å²) in [5.74, 6) is -0.599. The predicted octanol–water partition coefficient (Wildman–Crippen LogP) is 3.47. The Bertz CT molecular complexity index is 981. The van der Waals surface area contributed by atoms with Crippen LogP contribution in [0.15, 0.2) is 66.0 Å². The molecule has 148 valence electrons. The van der Waals surface area contributed by atoms with Crippen LogP contribution in [0.3, 0.4) is 0 Å². The second-order valence-electron chi connectivity index (χ2n) is 6.39. The number of hydrogen-bond donors (Lipinski definition) is 3. The molecule has 2 aromatic carbocycles. The fourth-order valence-electron chi connectivity index (χ4n) is 2.56. The van der Waals surface area contributed by atoms with E-state index in [2.05, 4.69) is 16.0 Å². The molecule has 0 bridgehead atoms. The maximum Gasteiger partial charge on any atom is 0.261 e. The van der Waals surface area contributed by atoms with Crippen molar-refractivity contribution in [3.63, 3.8) is 0 Å². The van der Waals surface area contributed by atoms with Gasteiger partial charge in [-0.3, -0.25) is 14.4 Å². The zero-order valence-corrected chi connectivity index (χ0v) is 16.7. The Kier molecular flexibility index (Phi) is 6.76. The average molecular weight is 407 g/mol. The highest BCUT2D eigenvalue weighted by Crippen LogP contribution is 2.12. The normalized spacial score (nSPS) is 10.2. The maximum absolute atomic E-state index is 12.2. The van der Waals surface area contributed by atoms with Gasteiger partial charge in [-0.05, 0) is 54.8 Å². The van der Waals surface area contributed by atoms with Crippen LogP contribution >= 0.6 is 11.3 Å². The molecule has 3 rings (SSSR count). The van der Waals surface area contributed by atoms with Crippen LogP contribution in [0.1, 0.15) is 36.0 Å². The van der Waals surface area contributed by atoms with Crippen LogP contribution in [0.4, 0.5) is 5.69 Å². The fraction of sp³-hybridized carbons (Fsp3) is 0.136. The van der Waals surface area contributed by atoms with Crippen molar-refractivity contribution in [1.29, 1.82) is 0 Å².